The van der Waals surface area contributed by atoms with Crippen molar-refractivity contribution in [2.45, 2.75) is 37.9 Å². The summed E-state index contributed by atoms with van der Waals surface area (Å²) < 4.78 is 40.4. The lowest BCUT2D eigenvalue weighted by atomic mass is 10.1. The number of anilines is 1. The van der Waals surface area contributed by atoms with Crippen molar-refractivity contribution >= 4 is 27.8 Å². The van der Waals surface area contributed by atoms with E-state index >= 15 is 0 Å². The molecule has 1 aliphatic carbocycles. The highest BCUT2D eigenvalue weighted by Gasteiger charge is 2.37. The minimum absolute atomic E-state index is 0.115. The molecule has 9 nitrogen and oxygen atoms in total. The SMILES string of the molecule is O=C1CN(c2c(O)cc(CN=C3NC4CCCC4N3)cc2F)S(=O)(=O)N1. The molecule has 3 aliphatic rings. The van der Waals surface area contributed by atoms with Crippen LogP contribution in [0.25, 0.3) is 0 Å². The predicted molar refractivity (Wildman–Crippen MR) is 91.3 cm³/mol. The third-order valence-electron chi connectivity index (χ3n) is 4.75. The van der Waals surface area contributed by atoms with Gasteiger partial charge in [-0.1, -0.05) is 0 Å². The summed E-state index contributed by atoms with van der Waals surface area (Å²) in [6.45, 7) is -0.464. The molecular weight excluding hydrogens is 365 g/mol. The molecule has 1 saturated carbocycles. The summed E-state index contributed by atoms with van der Waals surface area (Å²) in [5.41, 5.74) is -0.167. The first-order valence-electron chi connectivity index (χ1n) is 8.26. The maximum absolute atomic E-state index is 14.4. The number of aromatic hydroxyl groups is 1. The second-order valence-electron chi connectivity index (χ2n) is 6.58. The molecule has 0 radical (unpaired) electrons. The molecule has 2 saturated heterocycles. The number of aliphatic imine (C=N–C) groups is 1. The van der Waals surface area contributed by atoms with Crippen LogP contribution in [0, 0.1) is 5.82 Å². The van der Waals surface area contributed by atoms with Crippen LogP contribution in [0.4, 0.5) is 10.1 Å². The highest BCUT2D eigenvalue weighted by atomic mass is 32.2. The van der Waals surface area contributed by atoms with Crippen molar-refractivity contribution < 1.29 is 22.7 Å². The lowest BCUT2D eigenvalue weighted by Crippen LogP contribution is -2.30. The molecular formula is C15H18FN5O4S. The summed E-state index contributed by atoms with van der Waals surface area (Å²) in [7, 11) is -4.20. The van der Waals surface area contributed by atoms with Crippen LogP contribution >= 0.6 is 0 Å². The zero-order valence-electron chi connectivity index (χ0n) is 13.7. The summed E-state index contributed by atoms with van der Waals surface area (Å²) in [4.78, 5) is 15.6. The Morgan fingerprint density at radius 3 is 2.54 bits per heavy atom. The van der Waals surface area contributed by atoms with Gasteiger partial charge in [-0.05, 0) is 37.0 Å². The number of phenols is 1. The molecule has 2 heterocycles. The Kier molecular flexibility index (Phi) is 3.90. The molecule has 1 aromatic rings. The average Bonchev–Trinajstić information content (AvgIpc) is 3.18. The minimum atomic E-state index is -4.20. The van der Waals surface area contributed by atoms with E-state index in [1.807, 2.05) is 0 Å². The number of nitrogens with zero attached hydrogens (tertiary/aromatic N) is 2. The van der Waals surface area contributed by atoms with Crippen LogP contribution < -0.4 is 19.7 Å². The first-order valence-corrected chi connectivity index (χ1v) is 9.70. The Balaban J connectivity index is 1.54. The van der Waals surface area contributed by atoms with Gasteiger partial charge in [-0.25, -0.2) is 18.4 Å². The largest absolute Gasteiger partial charge is 0.506 e. The summed E-state index contributed by atoms with van der Waals surface area (Å²) >= 11 is 0. The fourth-order valence-corrected chi connectivity index (χ4v) is 4.75. The van der Waals surface area contributed by atoms with Crippen LogP contribution in [-0.2, 0) is 21.5 Å². The van der Waals surface area contributed by atoms with E-state index in [1.165, 1.54) is 12.5 Å². The average molecular weight is 383 g/mol. The fraction of sp³-hybridized carbons (Fsp3) is 0.467. The van der Waals surface area contributed by atoms with Gasteiger partial charge in [0.2, 0.25) is 0 Å². The number of guanidine groups is 1. The van der Waals surface area contributed by atoms with E-state index in [9.17, 15) is 22.7 Å². The van der Waals surface area contributed by atoms with E-state index in [1.54, 1.807) is 4.72 Å². The van der Waals surface area contributed by atoms with Crippen molar-refractivity contribution in [3.63, 3.8) is 0 Å². The Morgan fingerprint density at radius 2 is 1.96 bits per heavy atom. The van der Waals surface area contributed by atoms with Gasteiger partial charge in [0.05, 0.1) is 6.54 Å². The van der Waals surface area contributed by atoms with Gasteiger partial charge in [0.1, 0.15) is 18.0 Å². The van der Waals surface area contributed by atoms with Crippen molar-refractivity contribution in [3.8, 4) is 5.75 Å². The minimum Gasteiger partial charge on any atom is -0.506 e. The Hall–Kier alpha value is -2.56. The summed E-state index contributed by atoms with van der Waals surface area (Å²) in [5, 5.41) is 16.7. The molecule has 4 N–H and O–H groups in total. The van der Waals surface area contributed by atoms with Gasteiger partial charge in [-0.2, -0.15) is 8.42 Å². The second kappa shape index (κ2) is 6.01. The molecule has 2 unspecified atom stereocenters. The number of carbonyl (C=O) groups is 1. The van der Waals surface area contributed by atoms with E-state index in [2.05, 4.69) is 15.6 Å². The Labute approximate surface area is 149 Å². The molecule has 4 rings (SSSR count). The molecule has 2 atom stereocenters. The third-order valence-corrected chi connectivity index (χ3v) is 6.13. The highest BCUT2D eigenvalue weighted by Crippen LogP contribution is 2.34. The lowest BCUT2D eigenvalue weighted by Gasteiger charge is -2.17. The maximum Gasteiger partial charge on any atom is 0.326 e. The summed E-state index contributed by atoms with van der Waals surface area (Å²) in [6, 6.07) is 3.09. The Bertz CT molecular complexity index is 866. The quantitative estimate of drug-likeness (QED) is 0.567. The molecule has 0 spiro atoms. The van der Waals surface area contributed by atoms with Crippen LogP contribution in [0.3, 0.4) is 0 Å². The predicted octanol–water partition coefficient (Wildman–Crippen LogP) is -0.318. The molecule has 11 heteroatoms. The molecule has 140 valence electrons. The number of hydrogen-bond acceptors (Lipinski definition) is 5. The molecule has 2 aliphatic heterocycles. The number of hydrogen-bond donors (Lipinski definition) is 4. The normalized spacial score (nSPS) is 26.3. The van der Waals surface area contributed by atoms with Gasteiger partial charge in [0.25, 0.3) is 5.91 Å². The molecule has 26 heavy (non-hydrogen) atoms. The van der Waals surface area contributed by atoms with Gasteiger partial charge in [0.15, 0.2) is 11.8 Å². The maximum atomic E-state index is 14.4. The number of amides is 1. The molecule has 1 aromatic carbocycles. The topological polar surface area (TPSA) is 123 Å². The number of carbonyl (C=O) groups excluding carboxylic acids is 1. The summed E-state index contributed by atoms with van der Waals surface area (Å²) in [6.07, 6.45) is 3.33. The number of benzene rings is 1. The van der Waals surface area contributed by atoms with Crippen LogP contribution in [0.1, 0.15) is 24.8 Å². The van der Waals surface area contributed by atoms with E-state index in [0.29, 0.717) is 27.9 Å². The zero-order chi connectivity index (χ0) is 18.5. The van der Waals surface area contributed by atoms with E-state index in [0.717, 1.165) is 18.9 Å². The number of phenolic OH excluding ortho intramolecular Hbond substituents is 1. The molecule has 1 amide bonds. The van der Waals surface area contributed by atoms with Crippen LogP contribution in [-0.4, -0.2) is 44.0 Å². The lowest BCUT2D eigenvalue weighted by molar-refractivity contribution is -0.117. The Morgan fingerprint density at radius 1 is 1.27 bits per heavy atom. The van der Waals surface area contributed by atoms with Crippen molar-refractivity contribution in [2.75, 3.05) is 10.8 Å². The van der Waals surface area contributed by atoms with Gasteiger partial charge in [-0.15, -0.1) is 0 Å². The third kappa shape index (κ3) is 2.91. The van der Waals surface area contributed by atoms with Crippen molar-refractivity contribution in [3.05, 3.63) is 23.5 Å². The standard InChI is InChI=1S/C15H18FN5O4S/c16-9-4-8(6-17-15-18-10-2-1-3-11(10)19-15)5-12(22)14(9)21-7-13(23)20-26(21,24)25/h4-5,10-11,22H,1-3,6-7H2,(H,20,23)(H2,17,18,19). The van der Waals surface area contributed by atoms with E-state index < -0.39 is 39.9 Å². The van der Waals surface area contributed by atoms with Crippen molar-refractivity contribution in [2.24, 2.45) is 4.99 Å². The van der Waals surface area contributed by atoms with Gasteiger partial charge < -0.3 is 15.7 Å². The van der Waals surface area contributed by atoms with E-state index in [-0.39, 0.29) is 6.54 Å². The van der Waals surface area contributed by atoms with Crippen molar-refractivity contribution in [1.82, 2.24) is 15.4 Å². The highest BCUT2D eigenvalue weighted by molar-refractivity contribution is 7.92. The van der Waals surface area contributed by atoms with Crippen molar-refractivity contribution in [1.29, 1.82) is 0 Å². The number of rotatable bonds is 3. The zero-order valence-corrected chi connectivity index (χ0v) is 14.5. The number of nitrogens with one attached hydrogen (secondary N) is 3. The van der Waals surface area contributed by atoms with Crippen LogP contribution in [0.2, 0.25) is 0 Å². The molecule has 0 bridgehead atoms. The first kappa shape index (κ1) is 16.9. The van der Waals surface area contributed by atoms with Crippen LogP contribution in [0.15, 0.2) is 17.1 Å². The summed E-state index contributed by atoms with van der Waals surface area (Å²) in [5.74, 6) is -1.65. The number of fused-ring (bicyclic) bond motifs is 1. The van der Waals surface area contributed by atoms with Crippen LogP contribution in [0.5, 0.6) is 5.75 Å². The molecule has 0 aromatic heterocycles. The van der Waals surface area contributed by atoms with Gasteiger partial charge in [0, 0.05) is 12.1 Å². The fourth-order valence-electron chi connectivity index (χ4n) is 3.58. The van der Waals surface area contributed by atoms with E-state index in [4.69, 9.17) is 0 Å². The van der Waals surface area contributed by atoms with Gasteiger partial charge in [-0.3, -0.25) is 4.79 Å². The smallest absolute Gasteiger partial charge is 0.326 e. The molecule has 3 fully saturated rings. The monoisotopic (exact) mass is 383 g/mol. The second-order valence-corrected chi connectivity index (χ2v) is 8.17. The number of halogens is 1. The van der Waals surface area contributed by atoms with Gasteiger partial charge >= 0.3 is 10.2 Å². The first-order chi connectivity index (χ1) is 12.3.